The smallest absolute Gasteiger partial charge is 0.285 e. The molecule has 1 nitrogen and oxygen atoms in total. The van der Waals surface area contributed by atoms with Crippen LogP contribution >= 0.6 is 0 Å². The van der Waals surface area contributed by atoms with Gasteiger partial charge in [-0.25, -0.2) is 0 Å². The zero-order chi connectivity index (χ0) is 11.4. The molecule has 1 saturated carbocycles. The molecule has 0 unspecified atom stereocenters. The van der Waals surface area contributed by atoms with Crippen molar-refractivity contribution < 1.29 is 8.78 Å². The molecule has 0 radical (unpaired) electrons. The Morgan fingerprint density at radius 2 is 1.88 bits per heavy atom. The highest BCUT2D eigenvalue weighted by molar-refractivity contribution is 5.20. The number of nitrogens with one attached hydrogen (secondary N) is 1. The van der Waals surface area contributed by atoms with E-state index in [9.17, 15) is 8.78 Å². The van der Waals surface area contributed by atoms with Crippen LogP contribution in [-0.4, -0.2) is 13.1 Å². The maximum Gasteiger partial charge on any atom is 0.285 e. The van der Waals surface area contributed by atoms with Crippen molar-refractivity contribution in [1.29, 1.82) is 0 Å². The monoisotopic (exact) mass is 225 g/mol. The summed E-state index contributed by atoms with van der Waals surface area (Å²) in [6, 6.07) is 8.00. The Morgan fingerprint density at radius 3 is 2.44 bits per heavy atom. The van der Waals surface area contributed by atoms with Crippen LogP contribution < -0.4 is 5.32 Å². The number of alkyl halides is 2. The molecule has 1 aromatic carbocycles. The third-order valence-electron chi connectivity index (χ3n) is 3.20. The highest BCUT2D eigenvalue weighted by Crippen LogP contribution is 2.28. The van der Waals surface area contributed by atoms with Crippen LogP contribution in [0.2, 0.25) is 0 Å². The molecule has 0 atom stereocenters. The molecule has 0 bridgehead atoms. The lowest BCUT2D eigenvalue weighted by molar-refractivity contribution is -0.00456. The molecule has 1 N–H and O–H groups in total. The summed E-state index contributed by atoms with van der Waals surface area (Å²) in [4.78, 5) is 0. The van der Waals surface area contributed by atoms with Crippen LogP contribution in [0.4, 0.5) is 8.78 Å². The average Bonchev–Trinajstić information content (AvgIpc) is 2.23. The molecule has 0 spiro atoms. The first kappa shape index (κ1) is 11.5. The summed E-state index contributed by atoms with van der Waals surface area (Å²) in [5.41, 5.74) is 0.0936. The first-order valence-electron chi connectivity index (χ1n) is 5.82. The van der Waals surface area contributed by atoms with Crippen molar-refractivity contribution in [3.05, 3.63) is 35.9 Å². The molecule has 16 heavy (non-hydrogen) atoms. The Kier molecular flexibility index (Phi) is 3.54. The van der Waals surface area contributed by atoms with Crippen molar-refractivity contribution >= 4 is 0 Å². The number of rotatable bonds is 5. The van der Waals surface area contributed by atoms with E-state index in [1.807, 2.05) is 0 Å². The summed E-state index contributed by atoms with van der Waals surface area (Å²) in [5, 5.41) is 2.88. The van der Waals surface area contributed by atoms with Gasteiger partial charge in [-0.1, -0.05) is 36.8 Å². The van der Waals surface area contributed by atoms with Crippen LogP contribution in [0.15, 0.2) is 30.3 Å². The van der Waals surface area contributed by atoms with E-state index in [1.165, 1.54) is 31.4 Å². The maximum absolute atomic E-state index is 13.7. The van der Waals surface area contributed by atoms with Gasteiger partial charge in [0.1, 0.15) is 0 Å². The van der Waals surface area contributed by atoms with E-state index in [0.717, 1.165) is 6.54 Å². The second-order valence-corrected chi connectivity index (χ2v) is 4.50. The standard InChI is InChI=1S/C13H17F2N/c14-13(15,12-7-2-1-3-8-12)10-16-9-11-5-4-6-11/h1-3,7-8,11,16H,4-6,9-10H2. The summed E-state index contributed by atoms with van der Waals surface area (Å²) in [6.07, 6.45) is 3.62. The van der Waals surface area contributed by atoms with Crippen LogP contribution in [-0.2, 0) is 5.92 Å². The fourth-order valence-corrected chi connectivity index (χ4v) is 1.91. The van der Waals surface area contributed by atoms with Crippen LogP contribution in [0.3, 0.4) is 0 Å². The van der Waals surface area contributed by atoms with Crippen molar-refractivity contribution in [3.8, 4) is 0 Å². The number of benzene rings is 1. The SMILES string of the molecule is FC(F)(CNCC1CCC1)c1ccccc1. The van der Waals surface area contributed by atoms with E-state index in [2.05, 4.69) is 5.32 Å². The number of hydrogen-bond donors (Lipinski definition) is 1. The van der Waals surface area contributed by atoms with Gasteiger partial charge >= 0.3 is 0 Å². The zero-order valence-electron chi connectivity index (χ0n) is 9.26. The summed E-state index contributed by atoms with van der Waals surface area (Å²) in [5.74, 6) is -2.14. The Hall–Kier alpha value is -0.960. The van der Waals surface area contributed by atoms with Gasteiger partial charge in [0.15, 0.2) is 0 Å². The second kappa shape index (κ2) is 4.91. The Morgan fingerprint density at radius 1 is 1.19 bits per heavy atom. The van der Waals surface area contributed by atoms with E-state index >= 15 is 0 Å². The minimum Gasteiger partial charge on any atom is -0.311 e. The summed E-state index contributed by atoms with van der Waals surface area (Å²) >= 11 is 0. The average molecular weight is 225 g/mol. The van der Waals surface area contributed by atoms with Crippen LogP contribution in [0.5, 0.6) is 0 Å². The summed E-state index contributed by atoms with van der Waals surface area (Å²) < 4.78 is 27.3. The first-order valence-corrected chi connectivity index (χ1v) is 5.82. The molecule has 1 aliphatic carbocycles. The van der Waals surface area contributed by atoms with Gasteiger partial charge in [0, 0.05) is 5.56 Å². The van der Waals surface area contributed by atoms with Crippen molar-refractivity contribution in [1.82, 2.24) is 5.32 Å². The Labute approximate surface area is 94.9 Å². The molecule has 2 rings (SSSR count). The molecule has 3 heteroatoms. The van der Waals surface area contributed by atoms with Crippen molar-refractivity contribution in [2.45, 2.75) is 25.2 Å². The topological polar surface area (TPSA) is 12.0 Å². The highest BCUT2D eigenvalue weighted by atomic mass is 19.3. The predicted octanol–water partition coefficient (Wildman–Crippen LogP) is 3.17. The first-order chi connectivity index (χ1) is 7.68. The van der Waals surface area contributed by atoms with E-state index in [-0.39, 0.29) is 12.1 Å². The van der Waals surface area contributed by atoms with Crippen molar-refractivity contribution in [3.63, 3.8) is 0 Å². The lowest BCUT2D eigenvalue weighted by Gasteiger charge is -2.26. The Bertz CT molecular complexity index is 320. The lowest BCUT2D eigenvalue weighted by Crippen LogP contribution is -2.35. The van der Waals surface area contributed by atoms with Gasteiger partial charge in [0.05, 0.1) is 6.54 Å². The third kappa shape index (κ3) is 2.79. The molecule has 0 saturated heterocycles. The molecule has 1 aromatic rings. The molecular formula is C13H17F2N. The van der Waals surface area contributed by atoms with Gasteiger partial charge in [-0.15, -0.1) is 0 Å². The molecule has 0 heterocycles. The molecule has 0 aliphatic heterocycles. The normalized spacial score (nSPS) is 17.1. The van der Waals surface area contributed by atoms with Gasteiger partial charge in [-0.3, -0.25) is 0 Å². The van der Waals surface area contributed by atoms with Crippen LogP contribution in [0.25, 0.3) is 0 Å². The van der Waals surface area contributed by atoms with Gasteiger partial charge in [0.2, 0.25) is 0 Å². The van der Waals surface area contributed by atoms with Gasteiger partial charge in [-0.05, 0) is 25.3 Å². The largest absolute Gasteiger partial charge is 0.311 e. The minimum atomic E-state index is -2.76. The number of halogens is 2. The van der Waals surface area contributed by atoms with E-state index in [1.54, 1.807) is 18.2 Å². The van der Waals surface area contributed by atoms with Gasteiger partial charge in [-0.2, -0.15) is 8.78 Å². The third-order valence-corrected chi connectivity index (χ3v) is 3.20. The zero-order valence-corrected chi connectivity index (χ0v) is 9.26. The molecule has 0 amide bonds. The lowest BCUT2D eigenvalue weighted by atomic mass is 9.85. The van der Waals surface area contributed by atoms with Crippen molar-refractivity contribution in [2.75, 3.05) is 13.1 Å². The van der Waals surface area contributed by atoms with E-state index in [0.29, 0.717) is 5.92 Å². The molecule has 88 valence electrons. The molecular weight excluding hydrogens is 208 g/mol. The fraction of sp³-hybridized carbons (Fsp3) is 0.538. The molecule has 1 fully saturated rings. The quantitative estimate of drug-likeness (QED) is 0.811. The Balaban J connectivity index is 1.82. The van der Waals surface area contributed by atoms with Crippen LogP contribution in [0, 0.1) is 5.92 Å². The van der Waals surface area contributed by atoms with Gasteiger partial charge in [0.25, 0.3) is 5.92 Å². The maximum atomic E-state index is 13.7. The van der Waals surface area contributed by atoms with Crippen LogP contribution in [0.1, 0.15) is 24.8 Å². The number of hydrogen-bond acceptors (Lipinski definition) is 1. The van der Waals surface area contributed by atoms with Gasteiger partial charge < -0.3 is 5.32 Å². The summed E-state index contributed by atoms with van der Waals surface area (Å²) in [7, 11) is 0. The van der Waals surface area contributed by atoms with Crippen molar-refractivity contribution in [2.24, 2.45) is 5.92 Å². The highest BCUT2D eigenvalue weighted by Gasteiger charge is 2.31. The minimum absolute atomic E-state index is 0.0936. The molecule has 1 aliphatic rings. The second-order valence-electron chi connectivity index (χ2n) is 4.50. The van der Waals surface area contributed by atoms with E-state index in [4.69, 9.17) is 0 Å². The summed E-state index contributed by atoms with van der Waals surface area (Å²) in [6.45, 7) is 0.468. The van der Waals surface area contributed by atoms with E-state index < -0.39 is 5.92 Å². The fourth-order valence-electron chi connectivity index (χ4n) is 1.91. The molecule has 0 aromatic heterocycles. The predicted molar refractivity (Wildman–Crippen MR) is 60.5 cm³/mol.